The summed E-state index contributed by atoms with van der Waals surface area (Å²) in [5, 5.41) is 2.76. The molecule has 0 aromatic heterocycles. The van der Waals surface area contributed by atoms with Crippen LogP contribution in [0.2, 0.25) is 0 Å². The SMILES string of the molecule is C#CCNC(=O)CCCCCN1/C(=C/C=C2C=C(/C=C/C3=[N+](C)c4ccccc4C3(C)C)CCC/2)C(C)(C)c2ccccc21.F[P-](F)(F)(F)(F)F. The summed E-state index contributed by atoms with van der Waals surface area (Å²) in [6.45, 7) is 10.6. The molecule has 3 aliphatic rings. The number of amides is 1. The quantitative estimate of drug-likeness (QED) is 0.0868. The van der Waals surface area contributed by atoms with Crippen molar-refractivity contribution in [2.45, 2.75) is 83.5 Å². The first-order valence-corrected chi connectivity index (χ1v) is 19.3. The topological polar surface area (TPSA) is 35.4 Å². The van der Waals surface area contributed by atoms with Crippen molar-refractivity contribution >= 4 is 30.8 Å². The minimum absolute atomic E-state index is 0.0128. The number of carbonyl (C=O) groups excluding carboxylic acids is 1. The molecular formula is C40H48F6N3OP. The first kappa shape index (κ1) is 39.7. The fraction of sp³-hybridized carbons (Fsp3) is 0.400. The maximum absolute atomic E-state index is 11.9. The summed E-state index contributed by atoms with van der Waals surface area (Å²) in [7, 11) is -8.47. The van der Waals surface area contributed by atoms with Crippen LogP contribution in [0.25, 0.3) is 0 Å². The van der Waals surface area contributed by atoms with Gasteiger partial charge in [-0.1, -0.05) is 80.8 Å². The Morgan fingerprint density at radius 1 is 0.902 bits per heavy atom. The Kier molecular flexibility index (Phi) is 11.3. The zero-order valence-corrected chi connectivity index (χ0v) is 30.9. The van der Waals surface area contributed by atoms with Gasteiger partial charge >= 0.3 is 33.0 Å². The van der Waals surface area contributed by atoms with Crippen LogP contribution in [0.5, 0.6) is 0 Å². The van der Waals surface area contributed by atoms with Crippen LogP contribution < -0.4 is 10.2 Å². The predicted octanol–water partition coefficient (Wildman–Crippen LogP) is 11.7. The van der Waals surface area contributed by atoms with Gasteiger partial charge in [-0.05, 0) is 74.8 Å². The Hall–Kier alpha value is -4.09. The van der Waals surface area contributed by atoms with Crippen molar-refractivity contribution in [3.8, 4) is 12.3 Å². The van der Waals surface area contributed by atoms with Gasteiger partial charge in [-0.15, -0.1) is 6.42 Å². The number of terminal acetylenes is 1. The normalized spacial score (nSPS) is 20.6. The fourth-order valence-corrected chi connectivity index (χ4v) is 7.17. The van der Waals surface area contributed by atoms with Crippen LogP contribution in [0.3, 0.4) is 0 Å². The molecule has 1 amide bonds. The van der Waals surface area contributed by atoms with Crippen molar-refractivity contribution in [3.05, 3.63) is 107 Å². The third kappa shape index (κ3) is 11.0. The Balaban J connectivity index is 0.000000755. The van der Waals surface area contributed by atoms with Gasteiger partial charge in [0.1, 0.15) is 7.05 Å². The Bertz CT molecular complexity index is 1830. The van der Waals surface area contributed by atoms with Gasteiger partial charge < -0.3 is 10.2 Å². The number of fused-ring (bicyclic) bond motifs is 2. The number of hydrogen-bond acceptors (Lipinski definition) is 2. The van der Waals surface area contributed by atoms with Gasteiger partial charge in [0, 0.05) is 47.5 Å². The standard InChI is InChI=1S/C40H47N3O.F6P/c1-7-27-41-38(44)22-9-8-14-28-43-35-21-13-11-19-33(35)40(4,5)37(43)26-24-31-17-15-16-30(29-31)23-25-36-39(2,3)32-18-10-12-20-34(32)42(36)6;1-7(2,3,4,5)6/h1,10-13,18-21,23-26,29H,8-9,14-17,22,27-28H2,2-6H3;/q;-1/p+1. The van der Waals surface area contributed by atoms with Gasteiger partial charge in [-0.25, -0.2) is 0 Å². The average Bonchev–Trinajstić information content (AvgIpc) is 3.38. The van der Waals surface area contributed by atoms with Crippen LogP contribution in [-0.4, -0.2) is 36.3 Å². The number of anilines is 1. The van der Waals surface area contributed by atoms with Crippen molar-refractivity contribution < 1.29 is 34.6 Å². The molecule has 2 aliphatic heterocycles. The Morgan fingerprint density at radius 2 is 1.55 bits per heavy atom. The molecule has 51 heavy (non-hydrogen) atoms. The summed E-state index contributed by atoms with van der Waals surface area (Å²) >= 11 is 0. The van der Waals surface area contributed by atoms with Crippen LogP contribution in [0.1, 0.15) is 83.8 Å². The molecule has 4 nitrogen and oxygen atoms in total. The average molecular weight is 732 g/mol. The van der Waals surface area contributed by atoms with Gasteiger partial charge in [-0.3, -0.25) is 4.79 Å². The number of hydrogen-bond donors (Lipinski definition) is 1. The van der Waals surface area contributed by atoms with Crippen molar-refractivity contribution in [1.82, 2.24) is 5.32 Å². The van der Waals surface area contributed by atoms with Crippen LogP contribution in [0.4, 0.5) is 36.6 Å². The number of nitrogens with zero attached hydrogens (tertiary/aromatic N) is 2. The van der Waals surface area contributed by atoms with E-state index in [1.807, 2.05) is 0 Å². The van der Waals surface area contributed by atoms with Crippen LogP contribution in [0, 0.1) is 12.3 Å². The molecule has 0 fully saturated rings. The third-order valence-corrected chi connectivity index (χ3v) is 9.63. The molecule has 2 heterocycles. The van der Waals surface area contributed by atoms with E-state index in [4.69, 9.17) is 6.42 Å². The molecule has 1 N–H and O–H groups in total. The van der Waals surface area contributed by atoms with E-state index in [0.29, 0.717) is 13.0 Å². The number of unbranched alkanes of at least 4 members (excludes halogenated alkanes) is 2. The summed E-state index contributed by atoms with van der Waals surface area (Å²) in [6.07, 6.45) is 23.9. The van der Waals surface area contributed by atoms with E-state index < -0.39 is 7.81 Å². The molecular weight excluding hydrogens is 683 g/mol. The molecule has 0 radical (unpaired) electrons. The van der Waals surface area contributed by atoms with Crippen molar-refractivity contribution in [2.75, 3.05) is 25.0 Å². The number of nitrogens with one attached hydrogen (secondary N) is 1. The van der Waals surface area contributed by atoms with Gasteiger partial charge in [0.2, 0.25) is 11.6 Å². The Labute approximate surface area is 297 Å². The zero-order chi connectivity index (χ0) is 37.7. The molecule has 0 bridgehead atoms. The van der Waals surface area contributed by atoms with E-state index in [0.717, 1.165) is 38.6 Å². The number of para-hydroxylation sites is 2. The molecule has 1 aliphatic carbocycles. The summed E-state index contributed by atoms with van der Waals surface area (Å²) in [4.78, 5) is 14.4. The third-order valence-electron chi connectivity index (χ3n) is 9.63. The predicted molar refractivity (Wildman–Crippen MR) is 198 cm³/mol. The minimum atomic E-state index is -10.7. The zero-order valence-electron chi connectivity index (χ0n) is 30.0. The summed E-state index contributed by atoms with van der Waals surface area (Å²) in [6, 6.07) is 17.6. The number of carbonyl (C=O) groups is 1. The second kappa shape index (κ2) is 14.5. The van der Waals surface area contributed by atoms with Crippen LogP contribution in [0.15, 0.2) is 95.8 Å². The van der Waals surface area contributed by atoms with Crippen LogP contribution >= 0.6 is 7.81 Å². The second-order valence-corrected chi connectivity index (χ2v) is 16.2. The van der Waals surface area contributed by atoms with E-state index in [1.165, 1.54) is 51.5 Å². The molecule has 0 unspecified atom stereocenters. The fourth-order valence-electron chi connectivity index (χ4n) is 7.17. The molecule has 0 atom stereocenters. The van der Waals surface area contributed by atoms with Gasteiger partial charge in [-0.2, -0.15) is 4.58 Å². The van der Waals surface area contributed by atoms with Crippen molar-refractivity contribution in [1.29, 1.82) is 0 Å². The van der Waals surface area contributed by atoms with Gasteiger partial charge in [0.15, 0.2) is 5.71 Å². The van der Waals surface area contributed by atoms with Crippen molar-refractivity contribution in [2.24, 2.45) is 0 Å². The van der Waals surface area contributed by atoms with Gasteiger partial charge in [0.25, 0.3) is 0 Å². The molecule has 0 saturated carbocycles. The first-order valence-electron chi connectivity index (χ1n) is 17.2. The maximum atomic E-state index is 11.9. The molecule has 0 spiro atoms. The van der Waals surface area contributed by atoms with E-state index in [9.17, 15) is 30.0 Å². The van der Waals surface area contributed by atoms with E-state index in [1.54, 1.807) is 0 Å². The Morgan fingerprint density at radius 3 is 2.22 bits per heavy atom. The second-order valence-electron chi connectivity index (χ2n) is 14.3. The molecule has 11 heteroatoms. The number of halogens is 6. The first-order chi connectivity index (χ1) is 23.6. The number of benzene rings is 2. The monoisotopic (exact) mass is 731 g/mol. The molecule has 5 rings (SSSR count). The molecule has 0 saturated heterocycles. The molecule has 276 valence electrons. The summed E-state index contributed by atoms with van der Waals surface area (Å²) in [5.41, 5.74) is 10.8. The van der Waals surface area contributed by atoms with Crippen LogP contribution in [-0.2, 0) is 15.6 Å². The summed E-state index contributed by atoms with van der Waals surface area (Å²) < 4.78 is 61.5. The number of allylic oxidation sites excluding steroid dienone is 8. The number of rotatable bonds is 10. The van der Waals surface area contributed by atoms with Crippen molar-refractivity contribution in [3.63, 3.8) is 0 Å². The summed E-state index contributed by atoms with van der Waals surface area (Å²) in [5.74, 6) is 2.51. The van der Waals surface area contributed by atoms with E-state index >= 15 is 0 Å². The van der Waals surface area contributed by atoms with E-state index in [-0.39, 0.29) is 16.7 Å². The molecule has 2 aromatic rings. The van der Waals surface area contributed by atoms with Gasteiger partial charge in [0.05, 0.1) is 12.0 Å². The van der Waals surface area contributed by atoms with E-state index in [2.05, 4.69) is 134 Å². The molecule has 2 aromatic carbocycles.